The van der Waals surface area contributed by atoms with Gasteiger partial charge in [-0.2, -0.15) is 9.59 Å². The number of ether oxygens (including phenoxy) is 2. The molecule has 1 aromatic carbocycles. The number of hydrogen-bond donors (Lipinski definition) is 1. The minimum atomic E-state index is -0.665. The third kappa shape index (κ3) is 9.36. The van der Waals surface area contributed by atoms with E-state index in [4.69, 9.17) is 24.8 Å². The average Bonchev–Trinajstić information content (AvgIpc) is 2.47. The molecule has 0 amide bonds. The van der Waals surface area contributed by atoms with Gasteiger partial charge in [-0.05, 0) is 58.7 Å². The predicted molar refractivity (Wildman–Crippen MR) is 103 cm³/mol. The summed E-state index contributed by atoms with van der Waals surface area (Å²) >= 11 is 0. The second-order valence-corrected chi connectivity index (χ2v) is 8.93. The van der Waals surface area contributed by atoms with E-state index in [1.165, 1.54) is 0 Å². The maximum absolute atomic E-state index is 12.0. The normalized spacial score (nSPS) is 12.9. The van der Waals surface area contributed by atoms with Crippen LogP contribution in [0.4, 0.5) is 0 Å². The van der Waals surface area contributed by atoms with Crippen LogP contribution in [-0.4, -0.2) is 29.4 Å². The van der Waals surface area contributed by atoms with Crippen LogP contribution in [0.15, 0.2) is 24.3 Å². The topological polar surface area (TPSA) is 95.7 Å². The lowest BCUT2D eigenvalue weighted by Crippen LogP contribution is -2.42. The van der Waals surface area contributed by atoms with Gasteiger partial charge in [-0.1, -0.05) is 32.9 Å². The Morgan fingerprint density at radius 1 is 1.00 bits per heavy atom. The van der Waals surface area contributed by atoms with Crippen molar-refractivity contribution >= 4 is 12.1 Å². The van der Waals surface area contributed by atoms with E-state index < -0.39 is 11.6 Å². The number of esters is 1. The maximum Gasteiger partial charge on any atom is 0.373 e. The molecule has 2 N–H and O–H groups in total. The molecule has 1 aromatic rings. The van der Waals surface area contributed by atoms with E-state index in [-0.39, 0.29) is 23.1 Å². The quantitative estimate of drug-likeness (QED) is 0.787. The summed E-state index contributed by atoms with van der Waals surface area (Å²) in [5, 5.41) is 0. The first-order valence-electron chi connectivity index (χ1n) is 8.88. The van der Waals surface area contributed by atoms with Crippen molar-refractivity contribution in [2.75, 3.05) is 0 Å². The lowest BCUT2D eigenvalue weighted by atomic mass is 9.79. The molecular formula is C21H33NO5. The van der Waals surface area contributed by atoms with Crippen LogP contribution in [-0.2, 0) is 25.5 Å². The lowest BCUT2D eigenvalue weighted by molar-refractivity contribution is -0.191. The van der Waals surface area contributed by atoms with Crippen molar-refractivity contribution in [3.63, 3.8) is 0 Å². The Labute approximate surface area is 162 Å². The fraction of sp³-hybridized carbons (Fsp3) is 0.619. The van der Waals surface area contributed by atoms with E-state index in [9.17, 15) is 4.79 Å². The van der Waals surface area contributed by atoms with Crippen LogP contribution in [0, 0.1) is 5.41 Å². The SMILES string of the molecule is CC(C)(C)OC(=O)[C@@H](N)Cc1ccc(OC(C)(C)C(C)(C)C)cc1.O=C=O. The zero-order valence-corrected chi connectivity index (χ0v) is 17.7. The smallest absolute Gasteiger partial charge is 0.373 e. The summed E-state index contributed by atoms with van der Waals surface area (Å²) in [5.41, 5.74) is 6.13. The van der Waals surface area contributed by atoms with E-state index in [2.05, 4.69) is 34.6 Å². The number of nitrogens with two attached hydrogens (primary N) is 1. The first kappa shape index (κ1) is 24.8. The molecule has 0 bridgehead atoms. The van der Waals surface area contributed by atoms with E-state index in [0.29, 0.717) is 6.42 Å². The second-order valence-electron chi connectivity index (χ2n) is 8.93. The van der Waals surface area contributed by atoms with Gasteiger partial charge in [0.25, 0.3) is 0 Å². The van der Waals surface area contributed by atoms with Gasteiger partial charge in [0.1, 0.15) is 23.0 Å². The highest BCUT2D eigenvalue weighted by atomic mass is 16.6. The van der Waals surface area contributed by atoms with Crippen LogP contribution in [0.2, 0.25) is 0 Å². The van der Waals surface area contributed by atoms with Gasteiger partial charge in [0.05, 0.1) is 0 Å². The summed E-state index contributed by atoms with van der Waals surface area (Å²) in [6.07, 6.45) is 0.692. The Kier molecular flexibility index (Phi) is 8.90. The average molecular weight is 379 g/mol. The first-order chi connectivity index (χ1) is 12.1. The highest BCUT2D eigenvalue weighted by Crippen LogP contribution is 2.34. The van der Waals surface area contributed by atoms with Crippen molar-refractivity contribution in [1.82, 2.24) is 0 Å². The second kappa shape index (κ2) is 9.67. The van der Waals surface area contributed by atoms with Crippen LogP contribution in [0.25, 0.3) is 0 Å². The van der Waals surface area contributed by atoms with E-state index in [0.717, 1.165) is 11.3 Å². The van der Waals surface area contributed by atoms with Crippen LogP contribution in [0.1, 0.15) is 61.0 Å². The summed E-state index contributed by atoms with van der Waals surface area (Å²) in [7, 11) is 0. The van der Waals surface area contributed by atoms with E-state index in [1.54, 1.807) is 0 Å². The number of carbonyl (C=O) groups is 1. The third-order valence-corrected chi connectivity index (χ3v) is 4.27. The van der Waals surface area contributed by atoms with Gasteiger partial charge in [0, 0.05) is 5.41 Å². The zero-order valence-electron chi connectivity index (χ0n) is 17.7. The fourth-order valence-corrected chi connectivity index (χ4v) is 1.86. The number of benzene rings is 1. The highest BCUT2D eigenvalue weighted by Gasteiger charge is 2.34. The molecule has 1 atom stereocenters. The number of rotatable bonds is 5. The molecule has 0 aliphatic heterocycles. The standard InChI is InChI=1S/C20H33NO3.CO2/c1-18(2,3)20(7,8)23-15-11-9-14(10-12-15)13-16(21)17(22)24-19(4,5)6;2-1-3/h9-12,16H,13,21H2,1-8H3;/t16-;/m0./s1. The van der Waals surface area contributed by atoms with Crippen LogP contribution < -0.4 is 10.5 Å². The Balaban J connectivity index is 0.00000210. The van der Waals surface area contributed by atoms with E-state index in [1.807, 2.05) is 45.0 Å². The molecule has 0 spiro atoms. The Morgan fingerprint density at radius 3 is 1.81 bits per heavy atom. The minimum absolute atomic E-state index is 0.0186. The van der Waals surface area contributed by atoms with Crippen molar-refractivity contribution < 1.29 is 23.9 Å². The Bertz CT molecular complexity index is 630. The molecule has 0 saturated heterocycles. The molecule has 6 nitrogen and oxygen atoms in total. The van der Waals surface area contributed by atoms with Crippen molar-refractivity contribution in [2.45, 2.75) is 79.1 Å². The summed E-state index contributed by atoms with van der Waals surface area (Å²) < 4.78 is 11.4. The highest BCUT2D eigenvalue weighted by molar-refractivity contribution is 5.76. The third-order valence-electron chi connectivity index (χ3n) is 4.27. The van der Waals surface area contributed by atoms with Gasteiger partial charge < -0.3 is 15.2 Å². The van der Waals surface area contributed by atoms with Gasteiger partial charge in [-0.15, -0.1) is 0 Å². The molecule has 1 rings (SSSR count). The summed E-state index contributed by atoms with van der Waals surface area (Å²) in [5.74, 6) is 0.432. The molecule has 0 radical (unpaired) electrons. The van der Waals surface area contributed by atoms with Crippen molar-refractivity contribution in [1.29, 1.82) is 0 Å². The molecule has 0 unspecified atom stereocenters. The van der Waals surface area contributed by atoms with Gasteiger partial charge in [-0.3, -0.25) is 4.79 Å². The predicted octanol–water partition coefficient (Wildman–Crippen LogP) is 3.52. The number of carbonyl (C=O) groups excluding carboxylic acids is 3. The molecule has 0 fully saturated rings. The van der Waals surface area contributed by atoms with Crippen molar-refractivity contribution in [2.24, 2.45) is 11.1 Å². The van der Waals surface area contributed by atoms with Gasteiger partial charge in [-0.25, -0.2) is 0 Å². The van der Waals surface area contributed by atoms with Gasteiger partial charge >= 0.3 is 12.1 Å². The van der Waals surface area contributed by atoms with E-state index >= 15 is 0 Å². The fourth-order valence-electron chi connectivity index (χ4n) is 1.86. The van der Waals surface area contributed by atoms with Crippen LogP contribution in [0.3, 0.4) is 0 Å². The number of hydrogen-bond acceptors (Lipinski definition) is 6. The Morgan fingerprint density at radius 2 is 1.44 bits per heavy atom. The summed E-state index contributed by atoms with van der Waals surface area (Å²) in [6, 6.07) is 7.06. The molecule has 27 heavy (non-hydrogen) atoms. The summed E-state index contributed by atoms with van der Waals surface area (Å²) in [6.45, 7) is 16.1. The largest absolute Gasteiger partial charge is 0.487 e. The minimum Gasteiger partial charge on any atom is -0.487 e. The molecule has 0 aromatic heterocycles. The Hall–Kier alpha value is -2.17. The van der Waals surface area contributed by atoms with Crippen molar-refractivity contribution in [3.05, 3.63) is 29.8 Å². The molecule has 6 heteroatoms. The molecule has 0 saturated carbocycles. The molecule has 152 valence electrons. The molecule has 0 aliphatic carbocycles. The van der Waals surface area contributed by atoms with Crippen LogP contribution in [0.5, 0.6) is 5.75 Å². The van der Waals surface area contributed by atoms with Gasteiger partial charge in [0.2, 0.25) is 0 Å². The van der Waals surface area contributed by atoms with Crippen molar-refractivity contribution in [3.8, 4) is 5.75 Å². The molecular weight excluding hydrogens is 346 g/mol. The molecule has 0 aliphatic rings. The molecule has 0 heterocycles. The lowest BCUT2D eigenvalue weighted by Gasteiger charge is -2.39. The monoisotopic (exact) mass is 379 g/mol. The first-order valence-corrected chi connectivity index (χ1v) is 8.88. The zero-order chi connectivity index (χ0) is 21.5. The summed E-state index contributed by atoms with van der Waals surface area (Å²) in [4.78, 5) is 28.2. The van der Waals surface area contributed by atoms with Crippen LogP contribution >= 0.6 is 0 Å². The van der Waals surface area contributed by atoms with Gasteiger partial charge in [0.15, 0.2) is 0 Å². The maximum atomic E-state index is 12.0.